The molecular weight excluding hydrogens is 188 g/mol. The van der Waals surface area contributed by atoms with Crippen LogP contribution >= 0.6 is 11.8 Å². The number of rotatable bonds is 1. The zero-order valence-electron chi connectivity index (χ0n) is 7.84. The number of carbonyl (C=O) groups is 1. The smallest absolute Gasteiger partial charge is 0.239 e. The van der Waals surface area contributed by atoms with Gasteiger partial charge in [-0.05, 0) is 31.5 Å². The fourth-order valence-corrected chi connectivity index (χ4v) is 1.17. The topological polar surface area (TPSA) is 33.2 Å². The first-order valence-corrected chi connectivity index (χ1v) is 4.26. The third-order valence-corrected chi connectivity index (χ3v) is 1.97. The molecule has 1 aromatic rings. The van der Waals surface area contributed by atoms with Gasteiger partial charge in [-0.25, -0.2) is 9.40 Å². The molecule has 0 aliphatic carbocycles. The fourth-order valence-electron chi connectivity index (χ4n) is 1.08. The Morgan fingerprint density at radius 2 is 2.08 bits per heavy atom. The van der Waals surface area contributed by atoms with Crippen LogP contribution in [0.15, 0.2) is 12.1 Å². The minimum absolute atomic E-state index is 0.237. The van der Waals surface area contributed by atoms with E-state index < -0.39 is 0 Å². The van der Waals surface area contributed by atoms with Crippen LogP contribution in [0.1, 0.15) is 18.2 Å². The summed E-state index contributed by atoms with van der Waals surface area (Å²) in [4.78, 5) is 15.0. The average Bonchev–Trinajstić information content (AvgIpc) is 2.01. The van der Waals surface area contributed by atoms with Crippen LogP contribution in [0.3, 0.4) is 0 Å². The van der Waals surface area contributed by atoms with E-state index in [9.17, 15) is 4.79 Å². The van der Waals surface area contributed by atoms with Gasteiger partial charge in [0, 0.05) is 24.4 Å². The standard InChI is InChI=1S/C9H11ClN2O/c1-6-4-7(2)11-9(5-6)12(10)8(3)13/h4-5H,1-3H3. The summed E-state index contributed by atoms with van der Waals surface area (Å²) in [5.74, 6) is 0.242. The molecule has 0 atom stereocenters. The van der Waals surface area contributed by atoms with Crippen molar-refractivity contribution in [1.29, 1.82) is 0 Å². The highest BCUT2D eigenvalue weighted by atomic mass is 35.5. The first-order chi connectivity index (χ1) is 6.00. The molecular formula is C9H11ClN2O. The predicted molar refractivity (Wildman–Crippen MR) is 52.7 cm³/mol. The molecule has 1 heterocycles. The van der Waals surface area contributed by atoms with Gasteiger partial charge in [-0.2, -0.15) is 0 Å². The number of halogens is 1. The van der Waals surface area contributed by atoms with E-state index in [0.29, 0.717) is 5.82 Å². The Morgan fingerprint density at radius 1 is 1.46 bits per heavy atom. The second-order valence-electron chi connectivity index (χ2n) is 2.94. The molecule has 0 aliphatic heterocycles. The second-order valence-corrected chi connectivity index (χ2v) is 3.28. The number of aromatic nitrogens is 1. The Kier molecular flexibility index (Phi) is 2.88. The van der Waals surface area contributed by atoms with Gasteiger partial charge in [-0.15, -0.1) is 0 Å². The summed E-state index contributed by atoms with van der Waals surface area (Å²) in [6.45, 7) is 5.19. The Bertz CT molecular complexity index is 318. The van der Waals surface area contributed by atoms with Crippen LogP contribution < -0.4 is 4.42 Å². The molecule has 0 saturated carbocycles. The van der Waals surface area contributed by atoms with Crippen molar-refractivity contribution in [3.63, 3.8) is 0 Å². The van der Waals surface area contributed by atoms with Crippen LogP contribution in [-0.2, 0) is 4.79 Å². The van der Waals surface area contributed by atoms with E-state index in [2.05, 4.69) is 4.98 Å². The Balaban J connectivity index is 3.07. The molecule has 0 spiro atoms. The van der Waals surface area contributed by atoms with Gasteiger partial charge in [0.1, 0.15) is 0 Å². The summed E-state index contributed by atoms with van der Waals surface area (Å²) >= 11 is 5.71. The molecule has 3 nitrogen and oxygen atoms in total. The highest BCUT2D eigenvalue weighted by Crippen LogP contribution is 2.16. The summed E-state index contributed by atoms with van der Waals surface area (Å²) in [7, 11) is 0. The summed E-state index contributed by atoms with van der Waals surface area (Å²) < 4.78 is 1.01. The van der Waals surface area contributed by atoms with Crippen molar-refractivity contribution in [1.82, 2.24) is 4.98 Å². The summed E-state index contributed by atoms with van der Waals surface area (Å²) in [5.41, 5.74) is 1.89. The zero-order chi connectivity index (χ0) is 10.0. The van der Waals surface area contributed by atoms with Gasteiger partial charge >= 0.3 is 0 Å². The van der Waals surface area contributed by atoms with Gasteiger partial charge in [0.05, 0.1) is 0 Å². The lowest BCUT2D eigenvalue weighted by Gasteiger charge is -2.11. The number of hydrogen-bond donors (Lipinski definition) is 0. The van der Waals surface area contributed by atoms with Crippen LogP contribution in [0.2, 0.25) is 0 Å². The maximum absolute atomic E-state index is 10.9. The Hall–Kier alpha value is -1.09. The maximum atomic E-state index is 10.9. The summed E-state index contributed by atoms with van der Waals surface area (Å²) in [6, 6.07) is 3.69. The molecule has 0 N–H and O–H groups in total. The third-order valence-electron chi connectivity index (χ3n) is 1.56. The molecule has 0 radical (unpaired) electrons. The van der Waals surface area contributed by atoms with Crippen molar-refractivity contribution in [2.24, 2.45) is 0 Å². The molecule has 0 fully saturated rings. The molecule has 0 unspecified atom stereocenters. The molecule has 13 heavy (non-hydrogen) atoms. The molecule has 0 saturated heterocycles. The van der Waals surface area contributed by atoms with E-state index in [1.807, 2.05) is 19.9 Å². The van der Waals surface area contributed by atoms with Gasteiger partial charge in [-0.3, -0.25) is 4.79 Å². The quantitative estimate of drug-likeness (QED) is 0.649. The van der Waals surface area contributed by atoms with E-state index in [-0.39, 0.29) is 5.91 Å². The molecule has 1 amide bonds. The highest BCUT2D eigenvalue weighted by molar-refractivity contribution is 6.35. The van der Waals surface area contributed by atoms with Crippen LogP contribution in [0, 0.1) is 13.8 Å². The lowest BCUT2D eigenvalue weighted by Crippen LogP contribution is -2.18. The SMILES string of the molecule is CC(=O)N(Cl)c1cc(C)cc(C)n1. The van der Waals surface area contributed by atoms with Crippen molar-refractivity contribution in [3.05, 3.63) is 23.4 Å². The minimum Gasteiger partial charge on any atom is -0.273 e. The van der Waals surface area contributed by atoms with E-state index in [1.165, 1.54) is 6.92 Å². The van der Waals surface area contributed by atoms with Gasteiger partial charge in [0.2, 0.25) is 5.91 Å². The lowest BCUT2D eigenvalue weighted by atomic mass is 10.2. The average molecular weight is 199 g/mol. The van der Waals surface area contributed by atoms with Crippen LogP contribution in [0.25, 0.3) is 0 Å². The van der Waals surface area contributed by atoms with Gasteiger partial charge in [0.15, 0.2) is 5.82 Å². The molecule has 70 valence electrons. The zero-order valence-corrected chi connectivity index (χ0v) is 8.59. The van der Waals surface area contributed by atoms with E-state index in [0.717, 1.165) is 15.7 Å². The minimum atomic E-state index is -0.237. The van der Waals surface area contributed by atoms with Crippen molar-refractivity contribution in [2.75, 3.05) is 4.42 Å². The molecule has 0 bridgehead atoms. The van der Waals surface area contributed by atoms with Gasteiger partial charge in [-0.1, -0.05) is 0 Å². The molecule has 0 aliphatic rings. The summed E-state index contributed by atoms with van der Waals surface area (Å²) in [6.07, 6.45) is 0. The number of pyridine rings is 1. The molecule has 1 rings (SSSR count). The Morgan fingerprint density at radius 3 is 2.54 bits per heavy atom. The number of nitrogens with zero attached hydrogens (tertiary/aromatic N) is 2. The van der Waals surface area contributed by atoms with Crippen molar-refractivity contribution < 1.29 is 4.79 Å². The number of anilines is 1. The van der Waals surface area contributed by atoms with Gasteiger partial charge < -0.3 is 0 Å². The van der Waals surface area contributed by atoms with Crippen LogP contribution in [0.4, 0.5) is 5.82 Å². The summed E-state index contributed by atoms with van der Waals surface area (Å²) in [5, 5.41) is 0. The van der Waals surface area contributed by atoms with Crippen molar-refractivity contribution >= 4 is 23.5 Å². The van der Waals surface area contributed by atoms with Crippen molar-refractivity contribution in [2.45, 2.75) is 20.8 Å². The third kappa shape index (κ3) is 2.42. The van der Waals surface area contributed by atoms with Gasteiger partial charge in [0.25, 0.3) is 0 Å². The molecule has 1 aromatic heterocycles. The van der Waals surface area contributed by atoms with E-state index in [4.69, 9.17) is 11.8 Å². The maximum Gasteiger partial charge on any atom is 0.239 e. The largest absolute Gasteiger partial charge is 0.273 e. The molecule has 4 heteroatoms. The number of carbonyl (C=O) groups excluding carboxylic acids is 1. The van der Waals surface area contributed by atoms with Crippen LogP contribution in [-0.4, -0.2) is 10.9 Å². The predicted octanol–water partition coefficient (Wildman–Crippen LogP) is 2.21. The van der Waals surface area contributed by atoms with E-state index in [1.54, 1.807) is 6.07 Å². The second kappa shape index (κ2) is 3.75. The van der Waals surface area contributed by atoms with Crippen molar-refractivity contribution in [3.8, 4) is 0 Å². The Labute approximate surface area is 82.4 Å². The lowest BCUT2D eigenvalue weighted by molar-refractivity contribution is -0.115. The number of amides is 1. The number of hydrogen-bond acceptors (Lipinski definition) is 2. The molecule has 0 aromatic carbocycles. The fraction of sp³-hybridized carbons (Fsp3) is 0.333. The van der Waals surface area contributed by atoms with Crippen LogP contribution in [0.5, 0.6) is 0 Å². The highest BCUT2D eigenvalue weighted by Gasteiger charge is 2.09. The number of aryl methyl sites for hydroxylation is 2. The first kappa shape index (κ1) is 9.99. The first-order valence-electron chi connectivity index (χ1n) is 3.92. The van der Waals surface area contributed by atoms with E-state index >= 15 is 0 Å². The normalized spacial score (nSPS) is 9.85. The monoisotopic (exact) mass is 198 g/mol.